The number of nitrogens with one attached hydrogen (secondary N) is 1. The lowest BCUT2D eigenvalue weighted by Crippen LogP contribution is -2.12. The third-order valence-corrected chi connectivity index (χ3v) is 5.96. The van der Waals surface area contributed by atoms with E-state index in [1.54, 1.807) is 60.7 Å². The summed E-state index contributed by atoms with van der Waals surface area (Å²) in [7, 11) is -2.24. The summed E-state index contributed by atoms with van der Waals surface area (Å²) in [5.41, 5.74) is 7.30. The molecule has 0 bridgehead atoms. The molecule has 3 rings (SSSR count). The summed E-state index contributed by atoms with van der Waals surface area (Å²) in [5.74, 6) is -0.475. The maximum Gasteiger partial charge on any atom is 0.331 e. The number of hydrogen-bond acceptors (Lipinski definition) is 6. The first-order valence-corrected chi connectivity index (χ1v) is 11.3. The Morgan fingerprint density at radius 1 is 0.939 bits per heavy atom. The molecule has 0 unspecified atom stereocenters. The molecule has 0 radical (unpaired) electrons. The zero-order chi connectivity index (χ0) is 23.8. The van der Waals surface area contributed by atoms with Gasteiger partial charge in [0.15, 0.2) is 0 Å². The lowest BCUT2D eigenvalue weighted by Gasteiger charge is -2.09. The number of methoxy groups -OCH3 is 1. The van der Waals surface area contributed by atoms with Gasteiger partial charge in [-0.25, -0.2) is 13.2 Å². The highest BCUT2D eigenvalue weighted by Crippen LogP contribution is 2.20. The van der Waals surface area contributed by atoms with E-state index in [9.17, 15) is 18.0 Å². The van der Waals surface area contributed by atoms with Crippen LogP contribution in [0.4, 0.5) is 5.69 Å². The molecule has 33 heavy (non-hydrogen) atoms. The highest BCUT2D eigenvalue weighted by molar-refractivity contribution is 7.92. The average molecular weight is 467 g/mol. The summed E-state index contributed by atoms with van der Waals surface area (Å²) < 4.78 is 37.8. The molecule has 3 aromatic rings. The van der Waals surface area contributed by atoms with Crippen molar-refractivity contribution in [1.82, 2.24) is 0 Å². The van der Waals surface area contributed by atoms with Gasteiger partial charge in [0.2, 0.25) is 5.91 Å². The molecule has 1 amide bonds. The molecular weight excluding hydrogens is 444 g/mol. The van der Waals surface area contributed by atoms with E-state index in [1.807, 2.05) is 0 Å². The van der Waals surface area contributed by atoms with Gasteiger partial charge in [-0.05, 0) is 65.7 Å². The zero-order valence-corrected chi connectivity index (χ0v) is 18.5. The topological polar surface area (TPSA) is 125 Å². The van der Waals surface area contributed by atoms with Gasteiger partial charge in [-0.2, -0.15) is 0 Å². The van der Waals surface area contributed by atoms with Gasteiger partial charge in [-0.3, -0.25) is 9.52 Å². The van der Waals surface area contributed by atoms with Crippen LogP contribution in [0.15, 0.2) is 83.8 Å². The van der Waals surface area contributed by atoms with Gasteiger partial charge in [-0.15, -0.1) is 0 Å². The summed E-state index contributed by atoms with van der Waals surface area (Å²) >= 11 is 0. The lowest BCUT2D eigenvalue weighted by atomic mass is 10.1. The zero-order valence-electron chi connectivity index (χ0n) is 17.7. The summed E-state index contributed by atoms with van der Waals surface area (Å²) in [6, 6.07) is 19.0. The minimum atomic E-state index is -3.76. The summed E-state index contributed by atoms with van der Waals surface area (Å²) in [6.07, 6.45) is 2.77. The fourth-order valence-electron chi connectivity index (χ4n) is 2.76. The molecule has 0 saturated heterocycles. The molecule has 0 aliphatic heterocycles. The Kier molecular flexibility index (Phi) is 7.47. The number of esters is 1. The number of amides is 1. The van der Waals surface area contributed by atoms with E-state index in [1.165, 1.54) is 31.4 Å². The second kappa shape index (κ2) is 10.5. The molecular formula is C24H22N2O6S. The van der Waals surface area contributed by atoms with Crippen molar-refractivity contribution in [3.63, 3.8) is 0 Å². The van der Waals surface area contributed by atoms with Gasteiger partial charge in [0.05, 0.1) is 12.0 Å². The smallest absolute Gasteiger partial charge is 0.331 e. The van der Waals surface area contributed by atoms with Gasteiger partial charge in [-0.1, -0.05) is 24.3 Å². The van der Waals surface area contributed by atoms with Crippen LogP contribution in [-0.4, -0.2) is 27.4 Å². The number of carbonyl (C=O) groups is 2. The Morgan fingerprint density at radius 3 is 2.15 bits per heavy atom. The van der Waals surface area contributed by atoms with Crippen LogP contribution in [0.2, 0.25) is 0 Å². The van der Waals surface area contributed by atoms with Crippen molar-refractivity contribution in [1.29, 1.82) is 0 Å². The normalized spacial score (nSPS) is 11.2. The molecule has 0 atom stereocenters. The molecule has 0 aromatic heterocycles. The predicted molar refractivity (Wildman–Crippen MR) is 124 cm³/mol. The van der Waals surface area contributed by atoms with Crippen LogP contribution in [0.1, 0.15) is 21.5 Å². The molecule has 8 nitrogen and oxygen atoms in total. The Bertz CT molecular complexity index is 1250. The molecule has 3 N–H and O–H groups in total. The van der Waals surface area contributed by atoms with Gasteiger partial charge >= 0.3 is 5.97 Å². The van der Waals surface area contributed by atoms with E-state index < -0.39 is 21.9 Å². The number of hydrogen-bond donors (Lipinski definition) is 2. The molecule has 0 aliphatic carbocycles. The summed E-state index contributed by atoms with van der Waals surface area (Å²) in [5, 5.41) is 0. The summed E-state index contributed by atoms with van der Waals surface area (Å²) in [6.45, 7) is 0.0381. The Labute approximate surface area is 191 Å². The van der Waals surface area contributed by atoms with Crippen LogP contribution in [0.5, 0.6) is 5.75 Å². The van der Waals surface area contributed by atoms with Crippen molar-refractivity contribution in [3.05, 3.63) is 95.6 Å². The van der Waals surface area contributed by atoms with Crippen molar-refractivity contribution in [2.45, 2.75) is 11.5 Å². The third-order valence-electron chi connectivity index (χ3n) is 4.56. The first-order valence-electron chi connectivity index (χ1n) is 9.77. The number of sulfonamides is 1. The number of benzene rings is 3. The molecule has 9 heteroatoms. The van der Waals surface area contributed by atoms with Crippen molar-refractivity contribution < 1.29 is 27.5 Å². The lowest BCUT2D eigenvalue weighted by molar-refractivity contribution is -0.138. The van der Waals surface area contributed by atoms with Gasteiger partial charge < -0.3 is 15.2 Å². The summed E-state index contributed by atoms with van der Waals surface area (Å²) in [4.78, 5) is 23.1. The quantitative estimate of drug-likeness (QED) is 0.368. The minimum Gasteiger partial charge on any atom is -0.497 e. The first kappa shape index (κ1) is 23.6. The number of ether oxygens (including phenoxy) is 2. The Hall–Kier alpha value is -4.11. The maximum atomic E-state index is 12.6. The number of carbonyl (C=O) groups excluding carboxylic acids is 2. The Morgan fingerprint density at radius 2 is 1.58 bits per heavy atom. The van der Waals surface area contributed by atoms with E-state index >= 15 is 0 Å². The molecule has 0 spiro atoms. The second-order valence-corrected chi connectivity index (χ2v) is 8.59. The number of nitrogens with two attached hydrogens (primary N) is 1. The van der Waals surface area contributed by atoms with Crippen LogP contribution in [-0.2, 0) is 26.2 Å². The average Bonchev–Trinajstić information content (AvgIpc) is 2.82. The highest BCUT2D eigenvalue weighted by Gasteiger charge is 2.14. The van der Waals surface area contributed by atoms with Crippen LogP contribution in [0.3, 0.4) is 0 Å². The first-order chi connectivity index (χ1) is 15.8. The van der Waals surface area contributed by atoms with Crippen molar-refractivity contribution in [3.8, 4) is 5.75 Å². The van der Waals surface area contributed by atoms with Crippen molar-refractivity contribution in [2.75, 3.05) is 11.8 Å². The maximum absolute atomic E-state index is 12.6. The van der Waals surface area contributed by atoms with Gasteiger partial charge in [0.25, 0.3) is 10.0 Å². The number of primary amides is 1. The third kappa shape index (κ3) is 6.68. The van der Waals surface area contributed by atoms with Crippen molar-refractivity contribution >= 4 is 33.7 Å². The van der Waals surface area contributed by atoms with E-state index in [0.29, 0.717) is 28.1 Å². The van der Waals surface area contributed by atoms with Crippen LogP contribution in [0, 0.1) is 0 Å². The largest absolute Gasteiger partial charge is 0.497 e. The van der Waals surface area contributed by atoms with E-state index in [-0.39, 0.29) is 11.5 Å². The van der Waals surface area contributed by atoms with Crippen LogP contribution >= 0.6 is 0 Å². The van der Waals surface area contributed by atoms with Crippen molar-refractivity contribution in [2.24, 2.45) is 5.73 Å². The number of rotatable bonds is 9. The predicted octanol–water partition coefficient (Wildman–Crippen LogP) is 3.35. The van der Waals surface area contributed by atoms with Crippen LogP contribution < -0.4 is 15.2 Å². The highest BCUT2D eigenvalue weighted by atomic mass is 32.2. The molecule has 0 heterocycles. The van der Waals surface area contributed by atoms with E-state index in [0.717, 1.165) is 0 Å². The molecule has 0 fully saturated rings. The van der Waals surface area contributed by atoms with Gasteiger partial charge in [0, 0.05) is 17.3 Å². The standard InChI is InChI=1S/C24H22N2O6S/c1-31-21-11-9-20(10-12-21)26-33(29,30)22-13-4-17(5-14-22)6-15-23(27)32-16-18-2-7-19(8-3-18)24(25)28/h2-15,26H,16H2,1H3,(H2,25,28)/b15-6+. The monoisotopic (exact) mass is 466 g/mol. The Balaban J connectivity index is 1.56. The molecule has 0 saturated carbocycles. The molecule has 0 aliphatic rings. The fourth-order valence-corrected chi connectivity index (χ4v) is 3.82. The van der Waals surface area contributed by atoms with E-state index in [2.05, 4.69) is 4.72 Å². The SMILES string of the molecule is COc1ccc(NS(=O)(=O)c2ccc(/C=C/C(=O)OCc3ccc(C(N)=O)cc3)cc2)cc1. The molecule has 3 aromatic carbocycles. The minimum absolute atomic E-state index is 0.0381. The van der Waals surface area contributed by atoms with Gasteiger partial charge in [0.1, 0.15) is 12.4 Å². The molecule has 170 valence electrons. The van der Waals surface area contributed by atoms with E-state index in [4.69, 9.17) is 15.2 Å². The fraction of sp³-hybridized carbons (Fsp3) is 0.0833. The van der Waals surface area contributed by atoms with Crippen LogP contribution in [0.25, 0.3) is 6.08 Å². The second-order valence-electron chi connectivity index (χ2n) is 6.91. The number of anilines is 1.